The average Bonchev–Trinajstić information content (AvgIpc) is 3.37. The fourth-order valence-corrected chi connectivity index (χ4v) is 12.8. The third-order valence-electron chi connectivity index (χ3n) is 17.6. The van der Waals surface area contributed by atoms with Gasteiger partial charge in [0.25, 0.3) is 0 Å². The summed E-state index contributed by atoms with van der Waals surface area (Å²) >= 11 is 0. The van der Waals surface area contributed by atoms with Crippen molar-refractivity contribution in [2.45, 2.75) is 196 Å². The molecule has 0 radical (unpaired) electrons. The van der Waals surface area contributed by atoms with Gasteiger partial charge in [-0.2, -0.15) is 5.26 Å². The molecule has 6 aromatic carbocycles. The molecule has 7 rings (SSSR count). The maximum atomic E-state index is 11.1. The zero-order chi connectivity index (χ0) is 56.2. The monoisotopic (exact) mass is 1030 g/mol. The Morgan fingerprint density at radius 2 is 0.711 bits per heavy atom. The first kappa shape index (κ1) is 58.3. The van der Waals surface area contributed by atoms with E-state index in [2.05, 4.69) is 291 Å². The van der Waals surface area contributed by atoms with E-state index in [4.69, 9.17) is 0 Å². The smallest absolute Gasteiger partial charge is 0.0997 e. The van der Waals surface area contributed by atoms with Crippen molar-refractivity contribution in [3.63, 3.8) is 0 Å². The maximum Gasteiger partial charge on any atom is 0.0997 e. The van der Waals surface area contributed by atoms with Crippen LogP contribution in [0.3, 0.4) is 0 Å². The van der Waals surface area contributed by atoms with Crippen LogP contribution in [0.2, 0.25) is 0 Å². The Labute approximate surface area is 463 Å². The van der Waals surface area contributed by atoms with E-state index in [1.54, 1.807) is 0 Å². The molecule has 0 amide bonds. The molecule has 6 aromatic rings. The molecule has 1 heterocycles. The summed E-state index contributed by atoms with van der Waals surface area (Å²) in [4.78, 5) is 0. The lowest BCUT2D eigenvalue weighted by Gasteiger charge is -2.29. The highest BCUT2D eigenvalue weighted by molar-refractivity contribution is 7.76. The van der Waals surface area contributed by atoms with E-state index < -0.39 is 6.89 Å². The van der Waals surface area contributed by atoms with Gasteiger partial charge in [0, 0.05) is 35.5 Å². The minimum Gasteiger partial charge on any atom is -0.192 e. The number of nitriles is 1. The van der Waals surface area contributed by atoms with Crippen molar-refractivity contribution in [2.75, 3.05) is 13.3 Å². The Kier molecular flexibility index (Phi) is 16.7. The van der Waals surface area contributed by atoms with Gasteiger partial charge in [0.15, 0.2) is 0 Å². The van der Waals surface area contributed by atoms with Crippen molar-refractivity contribution in [2.24, 2.45) is 0 Å². The summed E-state index contributed by atoms with van der Waals surface area (Å²) < 4.78 is 0. The van der Waals surface area contributed by atoms with Gasteiger partial charge in [-0.25, -0.2) is 0 Å². The third kappa shape index (κ3) is 12.5. The lowest BCUT2D eigenvalue weighted by molar-refractivity contribution is 0.586. The largest absolute Gasteiger partial charge is 0.192 e. The van der Waals surface area contributed by atoms with Gasteiger partial charge in [-0.05, 0) is 149 Å². The van der Waals surface area contributed by atoms with Gasteiger partial charge in [0.05, 0.1) is 11.6 Å². The van der Waals surface area contributed by atoms with Crippen LogP contribution in [0.5, 0.6) is 0 Å². The first-order valence-corrected chi connectivity index (χ1v) is 31.3. The quantitative estimate of drug-likeness (QED) is 0.112. The van der Waals surface area contributed by atoms with E-state index in [1.807, 2.05) is 0 Å². The molecule has 0 saturated heterocycles. The standard InChI is InChI=1S/C74H94NP/c1-46(55-33-35-76(21,22)36-34-55)64-39-61(72(12,13)14)40-65(52(64)7)48(3)56-25-23-26-57(37-56)49(4)66-41-62(73(15,16)17)42-67(53(66)8)50(5)58-27-24-28-59(38-58)51(6)69-44-63(74(18,19)20)43-68(70(69)45-75)47(2)54-29-31-60(32-30-54)71(9,10)11/h23-44,46-51H,1-22H3. The van der Waals surface area contributed by atoms with Gasteiger partial charge in [-0.15, -0.1) is 0 Å². The van der Waals surface area contributed by atoms with Gasteiger partial charge in [-0.1, -0.05) is 264 Å². The molecule has 0 fully saturated rings. The number of nitrogens with zero attached hydrogens (tertiary/aromatic N) is 1. The molecule has 6 atom stereocenters. The van der Waals surface area contributed by atoms with Crippen LogP contribution in [0, 0.1) is 25.2 Å². The van der Waals surface area contributed by atoms with Gasteiger partial charge >= 0.3 is 0 Å². The van der Waals surface area contributed by atoms with Crippen LogP contribution in [0.4, 0.5) is 0 Å². The molecule has 76 heavy (non-hydrogen) atoms. The Bertz CT molecular complexity index is 3270. The molecule has 2 heteroatoms. The van der Waals surface area contributed by atoms with Crippen LogP contribution in [0.1, 0.15) is 260 Å². The molecule has 0 saturated carbocycles. The van der Waals surface area contributed by atoms with Gasteiger partial charge in [0.1, 0.15) is 0 Å². The lowest BCUT2D eigenvalue weighted by atomic mass is 9.75. The predicted molar refractivity (Wildman–Crippen MR) is 336 cm³/mol. The Hall–Kier alpha value is -5.41. The molecule has 0 bridgehead atoms. The molecule has 1 aliphatic heterocycles. The van der Waals surface area contributed by atoms with Gasteiger partial charge in [0.2, 0.25) is 0 Å². The third-order valence-corrected chi connectivity index (χ3v) is 19.4. The average molecular weight is 1030 g/mol. The molecular formula is C74H94NP. The topological polar surface area (TPSA) is 23.8 Å². The summed E-state index contributed by atoms with van der Waals surface area (Å²) in [5.41, 5.74) is 24.7. The molecule has 0 aromatic heterocycles. The highest BCUT2D eigenvalue weighted by Crippen LogP contribution is 2.46. The number of rotatable bonds is 12. The van der Waals surface area contributed by atoms with Crippen molar-refractivity contribution < 1.29 is 0 Å². The number of allylic oxidation sites excluding steroid dienone is 3. The molecule has 6 unspecified atom stereocenters. The number of benzene rings is 6. The van der Waals surface area contributed by atoms with E-state index in [1.165, 1.54) is 89.0 Å². The van der Waals surface area contributed by atoms with Crippen LogP contribution in [-0.2, 0) is 21.7 Å². The van der Waals surface area contributed by atoms with Crippen molar-refractivity contribution in [1.82, 2.24) is 0 Å². The van der Waals surface area contributed by atoms with Crippen LogP contribution < -0.4 is 0 Å². The fourth-order valence-electron chi connectivity index (χ4n) is 11.6. The number of hydrogen-bond acceptors (Lipinski definition) is 1. The summed E-state index contributed by atoms with van der Waals surface area (Å²) in [6, 6.07) is 45.2. The minimum absolute atomic E-state index is 0.0131. The van der Waals surface area contributed by atoms with E-state index in [0.717, 1.165) is 16.7 Å². The molecule has 0 aliphatic carbocycles. The van der Waals surface area contributed by atoms with Crippen LogP contribution >= 0.6 is 6.89 Å². The zero-order valence-electron chi connectivity index (χ0n) is 51.1. The second kappa shape index (κ2) is 21.8. The van der Waals surface area contributed by atoms with Crippen LogP contribution in [0.15, 0.2) is 133 Å². The molecule has 400 valence electrons. The summed E-state index contributed by atoms with van der Waals surface area (Å²) in [5, 5.41) is 11.1. The van der Waals surface area contributed by atoms with Crippen molar-refractivity contribution in [1.29, 1.82) is 5.26 Å². The van der Waals surface area contributed by atoms with Crippen molar-refractivity contribution in [3.8, 4) is 6.07 Å². The normalized spacial score (nSPS) is 16.5. The van der Waals surface area contributed by atoms with E-state index in [0.29, 0.717) is 5.92 Å². The van der Waals surface area contributed by atoms with Gasteiger partial charge in [-0.3, -0.25) is 0 Å². The molecule has 1 nitrogen and oxygen atoms in total. The second-order valence-electron chi connectivity index (χ2n) is 27.8. The van der Waals surface area contributed by atoms with E-state index >= 15 is 0 Å². The Morgan fingerprint density at radius 3 is 1.03 bits per heavy atom. The first-order valence-electron chi connectivity index (χ1n) is 28.5. The minimum atomic E-state index is -1.12. The number of hydrogen-bond donors (Lipinski definition) is 0. The van der Waals surface area contributed by atoms with Crippen LogP contribution in [0.25, 0.3) is 0 Å². The lowest BCUT2D eigenvalue weighted by Crippen LogP contribution is -2.16. The van der Waals surface area contributed by atoms with Gasteiger partial charge < -0.3 is 0 Å². The van der Waals surface area contributed by atoms with Crippen LogP contribution in [-0.4, -0.2) is 19.1 Å². The summed E-state index contributed by atoms with van der Waals surface area (Å²) in [5.74, 6) is 5.87. The summed E-state index contributed by atoms with van der Waals surface area (Å²) in [6.07, 6.45) is 4.81. The molecular weight excluding hydrogens is 934 g/mol. The van der Waals surface area contributed by atoms with Crippen molar-refractivity contribution >= 4 is 12.7 Å². The van der Waals surface area contributed by atoms with E-state index in [-0.39, 0.29) is 51.2 Å². The highest BCUT2D eigenvalue weighted by atomic mass is 31.2. The Morgan fingerprint density at radius 1 is 0.395 bits per heavy atom. The SMILES string of the molecule is Cc1c(C(C)C2=CC=P(C)(C)C=C2)cc(C(C)(C)C)cc1C(C)c1cccc(C(C)c2cc(C(C)(C)C)cc(C(C)c3cccc(C(C)c4cc(C(C)(C)C)cc(C(C)c5ccc(C(C)(C)C)cc5)c4C#N)c3)c2C)c1. The molecule has 0 N–H and O–H groups in total. The summed E-state index contributed by atoms with van der Waals surface area (Å²) in [7, 11) is 0. The summed E-state index contributed by atoms with van der Waals surface area (Å²) in [6.45, 7) is 50.3. The highest BCUT2D eigenvalue weighted by Gasteiger charge is 2.29. The predicted octanol–water partition coefficient (Wildman–Crippen LogP) is 20.8. The Balaban J connectivity index is 1.25. The first-order chi connectivity index (χ1) is 35.2. The van der Waals surface area contributed by atoms with Crippen molar-refractivity contribution in [3.05, 3.63) is 233 Å². The zero-order valence-corrected chi connectivity index (χ0v) is 52.0. The maximum absolute atomic E-state index is 11.1. The second-order valence-corrected chi connectivity index (χ2v) is 31.6. The fraction of sp³-hybridized carbons (Fsp3) is 0.432. The molecule has 0 spiro atoms. The van der Waals surface area contributed by atoms with E-state index in [9.17, 15) is 5.26 Å². The molecule has 1 aliphatic rings.